The number of nitriles is 1. The Morgan fingerprint density at radius 2 is 2.06 bits per heavy atom. The van der Waals surface area contributed by atoms with E-state index in [2.05, 4.69) is 21.4 Å². The number of fused-ring (bicyclic) bond motifs is 1. The first-order valence-corrected chi connectivity index (χ1v) is 10.8. The van der Waals surface area contributed by atoms with Gasteiger partial charge in [0.15, 0.2) is 0 Å². The largest absolute Gasteiger partial charge is 0.374 e. The van der Waals surface area contributed by atoms with Crippen molar-refractivity contribution in [3.63, 3.8) is 0 Å². The number of aromatic amines is 1. The van der Waals surface area contributed by atoms with Crippen LogP contribution in [0.2, 0.25) is 0 Å². The van der Waals surface area contributed by atoms with E-state index in [-0.39, 0.29) is 11.7 Å². The van der Waals surface area contributed by atoms with Gasteiger partial charge in [-0.2, -0.15) is 15.5 Å². The molecule has 1 fully saturated rings. The summed E-state index contributed by atoms with van der Waals surface area (Å²) >= 11 is 0. The van der Waals surface area contributed by atoms with Gasteiger partial charge in [-0.15, -0.1) is 0 Å². The van der Waals surface area contributed by atoms with Crippen molar-refractivity contribution >= 4 is 10.8 Å². The summed E-state index contributed by atoms with van der Waals surface area (Å²) in [6.07, 6.45) is 4.31. The number of aryl methyl sites for hydroxylation is 2. The highest BCUT2D eigenvalue weighted by atomic mass is 16.5. The molecular weight excluding hydrogens is 402 g/mol. The fourth-order valence-corrected chi connectivity index (χ4v) is 4.61. The second-order valence-corrected chi connectivity index (χ2v) is 8.03. The molecule has 2 aromatic heterocycles. The first-order valence-electron chi connectivity index (χ1n) is 10.8. The molecule has 7 nitrogen and oxygen atoms in total. The molecule has 1 aliphatic heterocycles. The monoisotopic (exact) mass is 425 g/mol. The molecule has 2 aromatic carbocycles. The molecule has 32 heavy (non-hydrogen) atoms. The number of benzene rings is 2. The Morgan fingerprint density at radius 1 is 1.22 bits per heavy atom. The van der Waals surface area contributed by atoms with Crippen LogP contribution in [-0.2, 0) is 18.2 Å². The maximum Gasteiger partial charge on any atom is 0.272 e. The molecule has 3 heterocycles. The molecular formula is C25H23N5O2. The van der Waals surface area contributed by atoms with E-state index in [4.69, 9.17) is 4.74 Å². The number of nitrogens with one attached hydrogen (secondary N) is 1. The molecule has 4 aromatic rings. The molecule has 1 unspecified atom stereocenters. The summed E-state index contributed by atoms with van der Waals surface area (Å²) in [5.74, 6) is 0. The lowest BCUT2D eigenvalue weighted by Gasteiger charge is -2.18. The first kappa shape index (κ1) is 20.2. The maximum atomic E-state index is 12.6. The van der Waals surface area contributed by atoms with Gasteiger partial charge >= 0.3 is 0 Å². The fraction of sp³-hybridized carbons (Fsp3) is 0.280. The molecule has 5 rings (SSSR count). The van der Waals surface area contributed by atoms with Crippen molar-refractivity contribution in [2.45, 2.75) is 32.3 Å². The Morgan fingerprint density at radius 3 is 2.81 bits per heavy atom. The van der Waals surface area contributed by atoms with Gasteiger partial charge in [0, 0.05) is 30.2 Å². The van der Waals surface area contributed by atoms with Gasteiger partial charge in [-0.05, 0) is 48.6 Å². The number of nitrogens with zero attached hydrogens (tertiary/aromatic N) is 4. The van der Waals surface area contributed by atoms with Gasteiger partial charge in [0.25, 0.3) is 5.56 Å². The molecule has 1 aliphatic rings. The highest BCUT2D eigenvalue weighted by Gasteiger charge is 2.26. The molecule has 0 bridgehead atoms. The van der Waals surface area contributed by atoms with Crippen molar-refractivity contribution in [1.29, 1.82) is 5.26 Å². The third-order valence-corrected chi connectivity index (χ3v) is 6.18. The standard InChI is InChI=1S/C25H23N5O2/c1-3-22-18-11-17(19(23-9-6-10-32-23)12-20(18)25(31)29-28-22)21-14-27-30(2)24(21)16-8-5-4-7-15(16)13-26/h4-5,7-8,11-12,14,23H,3,6,9-10H2,1-2H3,(H,29,31). The zero-order valence-electron chi connectivity index (χ0n) is 18.1. The van der Waals surface area contributed by atoms with Crippen LogP contribution in [0.25, 0.3) is 33.2 Å². The number of hydrogen-bond acceptors (Lipinski definition) is 5. The Balaban J connectivity index is 1.84. The zero-order valence-corrected chi connectivity index (χ0v) is 18.1. The Labute approximate surface area is 185 Å². The maximum absolute atomic E-state index is 12.6. The average molecular weight is 425 g/mol. The number of ether oxygens (including phenoxy) is 1. The van der Waals surface area contributed by atoms with Crippen LogP contribution < -0.4 is 5.56 Å². The summed E-state index contributed by atoms with van der Waals surface area (Å²) in [6, 6.07) is 13.8. The lowest BCUT2D eigenvalue weighted by Crippen LogP contribution is -2.12. The van der Waals surface area contributed by atoms with Gasteiger partial charge in [-0.1, -0.05) is 25.1 Å². The molecule has 1 N–H and O–H groups in total. The Kier molecular flexibility index (Phi) is 5.08. The van der Waals surface area contributed by atoms with E-state index in [1.165, 1.54) is 0 Å². The van der Waals surface area contributed by atoms with Crippen LogP contribution in [0.3, 0.4) is 0 Å². The van der Waals surface area contributed by atoms with Crippen LogP contribution in [0.4, 0.5) is 0 Å². The molecule has 0 aliphatic carbocycles. The van der Waals surface area contributed by atoms with Gasteiger partial charge in [-0.25, -0.2) is 5.10 Å². The summed E-state index contributed by atoms with van der Waals surface area (Å²) in [6.45, 7) is 2.72. The zero-order chi connectivity index (χ0) is 22.2. The van der Waals surface area contributed by atoms with Crippen LogP contribution in [-0.4, -0.2) is 26.6 Å². The summed E-state index contributed by atoms with van der Waals surface area (Å²) in [5.41, 5.74) is 5.74. The second kappa shape index (κ2) is 8.06. The van der Waals surface area contributed by atoms with Gasteiger partial charge in [0.2, 0.25) is 0 Å². The predicted octanol–water partition coefficient (Wildman–Crippen LogP) is 4.28. The summed E-state index contributed by atoms with van der Waals surface area (Å²) in [4.78, 5) is 12.6. The lowest BCUT2D eigenvalue weighted by molar-refractivity contribution is 0.112. The van der Waals surface area contributed by atoms with Gasteiger partial charge < -0.3 is 4.74 Å². The van der Waals surface area contributed by atoms with E-state index in [9.17, 15) is 10.1 Å². The molecule has 0 amide bonds. The number of aromatic nitrogens is 4. The van der Waals surface area contributed by atoms with Crippen LogP contribution >= 0.6 is 0 Å². The van der Waals surface area contributed by atoms with Gasteiger partial charge in [-0.3, -0.25) is 9.48 Å². The molecule has 1 atom stereocenters. The number of H-pyrrole nitrogens is 1. The molecule has 1 saturated heterocycles. The topological polar surface area (TPSA) is 96.6 Å². The third-order valence-electron chi connectivity index (χ3n) is 6.18. The minimum Gasteiger partial charge on any atom is -0.374 e. The van der Waals surface area contributed by atoms with E-state index in [1.54, 1.807) is 4.68 Å². The summed E-state index contributed by atoms with van der Waals surface area (Å²) in [7, 11) is 1.88. The van der Waals surface area contributed by atoms with E-state index >= 15 is 0 Å². The normalized spacial score (nSPS) is 15.8. The molecule has 160 valence electrons. The summed E-state index contributed by atoms with van der Waals surface area (Å²) < 4.78 is 7.83. The fourth-order valence-electron chi connectivity index (χ4n) is 4.61. The average Bonchev–Trinajstić information content (AvgIpc) is 3.49. The van der Waals surface area contributed by atoms with Crippen LogP contribution in [0, 0.1) is 11.3 Å². The Hall–Kier alpha value is -3.76. The molecule has 0 spiro atoms. The van der Waals surface area contributed by atoms with Crippen molar-refractivity contribution in [3.05, 3.63) is 69.8 Å². The quantitative estimate of drug-likeness (QED) is 0.526. The molecule has 0 radical (unpaired) electrons. The minimum atomic E-state index is -0.204. The van der Waals surface area contributed by atoms with Crippen molar-refractivity contribution in [1.82, 2.24) is 20.0 Å². The van der Waals surface area contributed by atoms with Crippen molar-refractivity contribution in [2.24, 2.45) is 7.05 Å². The first-order chi connectivity index (χ1) is 15.6. The van der Waals surface area contributed by atoms with Crippen LogP contribution in [0.15, 0.2) is 47.4 Å². The van der Waals surface area contributed by atoms with Crippen molar-refractivity contribution < 1.29 is 4.74 Å². The smallest absolute Gasteiger partial charge is 0.272 e. The van der Waals surface area contributed by atoms with E-state index < -0.39 is 0 Å². The van der Waals surface area contributed by atoms with E-state index in [0.29, 0.717) is 24.0 Å². The summed E-state index contributed by atoms with van der Waals surface area (Å²) in [5, 5.41) is 22.6. The minimum absolute atomic E-state index is 0.0914. The SMILES string of the molecule is CCc1n[nH]c(=O)c2cc(C3CCCO3)c(-c3cnn(C)c3-c3ccccc3C#N)cc12. The highest BCUT2D eigenvalue weighted by molar-refractivity contribution is 5.93. The van der Waals surface area contributed by atoms with Gasteiger partial charge in [0.1, 0.15) is 0 Å². The highest BCUT2D eigenvalue weighted by Crippen LogP contribution is 2.42. The molecule has 7 heteroatoms. The number of hydrogen-bond donors (Lipinski definition) is 1. The molecule has 0 saturated carbocycles. The van der Waals surface area contributed by atoms with E-state index in [1.807, 2.05) is 56.6 Å². The third kappa shape index (κ3) is 3.20. The lowest BCUT2D eigenvalue weighted by atomic mass is 9.90. The second-order valence-electron chi connectivity index (χ2n) is 8.03. The predicted molar refractivity (Wildman–Crippen MR) is 122 cm³/mol. The van der Waals surface area contributed by atoms with E-state index in [0.717, 1.165) is 51.9 Å². The number of rotatable bonds is 4. The van der Waals surface area contributed by atoms with Gasteiger partial charge in [0.05, 0.1) is 40.7 Å². The van der Waals surface area contributed by atoms with Crippen molar-refractivity contribution in [2.75, 3.05) is 6.61 Å². The Bertz CT molecular complexity index is 1420. The van der Waals surface area contributed by atoms with Crippen molar-refractivity contribution in [3.8, 4) is 28.5 Å². The van der Waals surface area contributed by atoms with Crippen LogP contribution in [0.1, 0.15) is 42.7 Å². The van der Waals surface area contributed by atoms with Crippen LogP contribution in [0.5, 0.6) is 0 Å².